The van der Waals surface area contributed by atoms with E-state index < -0.39 is 46.8 Å². The Labute approximate surface area is 220 Å². The number of nitrogens with zero attached hydrogens (tertiary/aromatic N) is 3. The van der Waals surface area contributed by atoms with Crippen molar-refractivity contribution in [1.29, 1.82) is 0 Å². The molecule has 4 rings (SSSR count). The predicted molar refractivity (Wildman–Crippen MR) is 132 cm³/mol. The number of amides is 1. The molecule has 1 amide bonds. The third-order valence-electron chi connectivity index (χ3n) is 6.60. The quantitative estimate of drug-likeness (QED) is 0.198. The van der Waals surface area contributed by atoms with Gasteiger partial charge in [-0.3, -0.25) is 19.5 Å². The number of hydrogen-bond acceptors (Lipinski definition) is 5. The Bertz CT molecular complexity index is 1310. The Kier molecular flexibility index (Phi) is 8.05. The van der Waals surface area contributed by atoms with E-state index in [1.807, 2.05) is 24.3 Å². The van der Waals surface area contributed by atoms with Crippen molar-refractivity contribution in [3.63, 3.8) is 0 Å². The van der Waals surface area contributed by atoms with Crippen LogP contribution >= 0.6 is 0 Å². The van der Waals surface area contributed by atoms with Crippen LogP contribution in [0.25, 0.3) is 10.9 Å². The highest BCUT2D eigenvalue weighted by Gasteiger charge is 2.42. The molecule has 1 aliphatic rings. The molecule has 2 aromatic carbocycles. The number of aromatic nitrogens is 1. The maximum absolute atomic E-state index is 14.0. The molecule has 1 saturated heterocycles. The molecular weight excluding hydrogens is 528 g/mol. The number of halogens is 6. The van der Waals surface area contributed by atoms with Crippen LogP contribution < -0.4 is 5.32 Å². The minimum absolute atomic E-state index is 0.0160. The van der Waals surface area contributed by atoms with Crippen LogP contribution in [-0.4, -0.2) is 77.9 Å². The summed E-state index contributed by atoms with van der Waals surface area (Å²) in [5.41, 5.74) is -2.53. The van der Waals surface area contributed by atoms with Gasteiger partial charge in [0.25, 0.3) is 5.91 Å². The average molecular weight is 556 g/mol. The van der Waals surface area contributed by atoms with Gasteiger partial charge in [-0.05, 0) is 29.8 Å². The standard InChI is InChI=1S/C26H27F6N5O2/c1-35(2)37(15-17-14-34-21-6-4-3-5-20(17)21)24(39)22(36-9-7-33-8-10-36)23(38)16-11-18(25(27,28)29)13-19(12-16)26(30,31)32/h3-6,11-14,22,33-34H,7-10,15H2,1-2H3. The molecule has 1 aliphatic heterocycles. The summed E-state index contributed by atoms with van der Waals surface area (Å²) >= 11 is 0. The van der Waals surface area contributed by atoms with E-state index in [0.29, 0.717) is 25.2 Å². The summed E-state index contributed by atoms with van der Waals surface area (Å²) in [5, 5.41) is 6.60. The molecule has 1 fully saturated rings. The van der Waals surface area contributed by atoms with Crippen molar-refractivity contribution in [2.45, 2.75) is 24.9 Å². The summed E-state index contributed by atoms with van der Waals surface area (Å²) in [4.78, 5) is 32.3. The molecular formula is C26H27F6N5O2. The molecule has 39 heavy (non-hydrogen) atoms. The summed E-state index contributed by atoms with van der Waals surface area (Å²) in [6.45, 7) is 1.18. The zero-order valence-electron chi connectivity index (χ0n) is 21.2. The van der Waals surface area contributed by atoms with Crippen molar-refractivity contribution in [3.8, 4) is 0 Å². The second-order valence-corrected chi connectivity index (χ2v) is 9.45. The third-order valence-corrected chi connectivity index (χ3v) is 6.60. The molecule has 1 aromatic heterocycles. The van der Waals surface area contributed by atoms with Crippen molar-refractivity contribution < 1.29 is 35.9 Å². The molecule has 7 nitrogen and oxygen atoms in total. The Morgan fingerprint density at radius 2 is 1.54 bits per heavy atom. The highest BCUT2D eigenvalue weighted by atomic mass is 19.4. The van der Waals surface area contributed by atoms with Crippen LogP contribution in [0.4, 0.5) is 26.3 Å². The number of Topliss-reactive ketones (excluding diaryl/α,β-unsaturated/α-hetero) is 1. The minimum Gasteiger partial charge on any atom is -0.361 e. The molecule has 0 radical (unpaired) electrons. The van der Waals surface area contributed by atoms with E-state index in [1.165, 1.54) is 14.9 Å². The average Bonchev–Trinajstić information content (AvgIpc) is 3.29. The Balaban J connectivity index is 1.76. The van der Waals surface area contributed by atoms with Crippen LogP contribution in [0.3, 0.4) is 0 Å². The highest BCUT2D eigenvalue weighted by Crippen LogP contribution is 2.37. The van der Waals surface area contributed by atoms with Crippen molar-refractivity contribution in [2.24, 2.45) is 0 Å². The van der Waals surface area contributed by atoms with Crippen molar-refractivity contribution >= 4 is 22.6 Å². The summed E-state index contributed by atoms with van der Waals surface area (Å²) in [6, 6.07) is 6.42. The van der Waals surface area contributed by atoms with Gasteiger partial charge in [-0.25, -0.2) is 5.01 Å². The first-order chi connectivity index (χ1) is 18.3. The molecule has 3 aromatic rings. The summed E-state index contributed by atoms with van der Waals surface area (Å²) in [5.74, 6) is -1.90. The number of aromatic amines is 1. The molecule has 2 N–H and O–H groups in total. The first-order valence-corrected chi connectivity index (χ1v) is 12.1. The van der Waals surface area contributed by atoms with Gasteiger partial charge in [-0.1, -0.05) is 18.2 Å². The number of alkyl halides is 6. The molecule has 1 atom stereocenters. The van der Waals surface area contributed by atoms with Gasteiger partial charge in [0.2, 0.25) is 0 Å². The van der Waals surface area contributed by atoms with Crippen LogP contribution in [0.2, 0.25) is 0 Å². The Hall–Kier alpha value is -3.42. The molecule has 13 heteroatoms. The van der Waals surface area contributed by atoms with Crippen molar-refractivity contribution in [2.75, 3.05) is 40.3 Å². The van der Waals surface area contributed by atoms with Crippen LogP contribution in [0, 0.1) is 0 Å². The Morgan fingerprint density at radius 1 is 0.949 bits per heavy atom. The topological polar surface area (TPSA) is 71.7 Å². The number of para-hydroxylation sites is 1. The summed E-state index contributed by atoms with van der Waals surface area (Å²) in [6.07, 6.45) is -8.55. The number of H-pyrrole nitrogens is 1. The van der Waals surface area contributed by atoms with Crippen molar-refractivity contribution in [3.05, 3.63) is 70.9 Å². The second-order valence-electron chi connectivity index (χ2n) is 9.45. The molecule has 0 aliphatic carbocycles. The van der Waals surface area contributed by atoms with E-state index in [1.54, 1.807) is 20.3 Å². The largest absolute Gasteiger partial charge is 0.416 e. The van der Waals surface area contributed by atoms with Gasteiger partial charge in [0.1, 0.15) is 0 Å². The number of hydrazine groups is 1. The number of carbonyl (C=O) groups is 2. The van der Waals surface area contributed by atoms with Crippen LogP contribution in [0.15, 0.2) is 48.7 Å². The van der Waals surface area contributed by atoms with E-state index >= 15 is 0 Å². The molecule has 2 heterocycles. The van der Waals surface area contributed by atoms with Crippen LogP contribution in [0.5, 0.6) is 0 Å². The fourth-order valence-corrected chi connectivity index (χ4v) is 4.61. The molecule has 0 saturated carbocycles. The fraction of sp³-hybridized carbons (Fsp3) is 0.385. The lowest BCUT2D eigenvalue weighted by Crippen LogP contribution is -2.59. The maximum atomic E-state index is 14.0. The molecule has 1 unspecified atom stereocenters. The zero-order valence-corrected chi connectivity index (χ0v) is 21.2. The number of benzene rings is 2. The first-order valence-electron chi connectivity index (χ1n) is 12.1. The number of piperazine rings is 1. The maximum Gasteiger partial charge on any atom is 0.416 e. The number of ketones is 1. The second kappa shape index (κ2) is 11.0. The molecule has 210 valence electrons. The zero-order chi connectivity index (χ0) is 28.5. The van der Waals surface area contributed by atoms with Gasteiger partial charge in [-0.15, -0.1) is 0 Å². The van der Waals surface area contributed by atoms with Gasteiger partial charge in [0, 0.05) is 62.9 Å². The lowest BCUT2D eigenvalue weighted by molar-refractivity contribution is -0.150. The third kappa shape index (κ3) is 6.26. The van der Waals surface area contributed by atoms with Gasteiger partial charge in [-0.2, -0.15) is 26.3 Å². The normalized spacial score (nSPS) is 16.0. The van der Waals surface area contributed by atoms with Gasteiger partial charge in [0.05, 0.1) is 17.7 Å². The van der Waals surface area contributed by atoms with Crippen LogP contribution in [0.1, 0.15) is 27.0 Å². The lowest BCUT2D eigenvalue weighted by Gasteiger charge is -2.38. The summed E-state index contributed by atoms with van der Waals surface area (Å²) in [7, 11) is 3.14. The Morgan fingerprint density at radius 3 is 2.10 bits per heavy atom. The number of carbonyl (C=O) groups excluding carboxylic acids is 2. The monoisotopic (exact) mass is 555 g/mol. The highest BCUT2D eigenvalue weighted by molar-refractivity contribution is 6.13. The molecule has 0 bridgehead atoms. The lowest BCUT2D eigenvalue weighted by atomic mass is 9.96. The van der Waals surface area contributed by atoms with Gasteiger partial charge < -0.3 is 10.3 Å². The number of hydrogen-bond donors (Lipinski definition) is 2. The number of rotatable bonds is 7. The predicted octanol–water partition coefficient (Wildman–Crippen LogP) is 4.17. The number of nitrogens with one attached hydrogen (secondary N) is 2. The van der Waals surface area contributed by atoms with E-state index in [0.717, 1.165) is 16.5 Å². The van der Waals surface area contributed by atoms with E-state index in [2.05, 4.69) is 10.3 Å². The SMILES string of the molecule is CN(C)N(Cc1c[nH]c2ccccc12)C(=O)C(C(=O)c1cc(C(F)(F)F)cc(C(F)(F)F)c1)N1CCNCC1. The van der Waals surface area contributed by atoms with E-state index in [9.17, 15) is 35.9 Å². The minimum atomic E-state index is -5.13. The molecule has 0 spiro atoms. The van der Waals surface area contributed by atoms with E-state index in [4.69, 9.17) is 0 Å². The number of fused-ring (bicyclic) bond motifs is 1. The van der Waals surface area contributed by atoms with Gasteiger partial charge >= 0.3 is 12.4 Å². The first kappa shape index (κ1) is 28.6. The van der Waals surface area contributed by atoms with E-state index in [-0.39, 0.29) is 25.7 Å². The van der Waals surface area contributed by atoms with Gasteiger partial charge in [0.15, 0.2) is 11.8 Å². The fourth-order valence-electron chi connectivity index (χ4n) is 4.61. The summed E-state index contributed by atoms with van der Waals surface area (Å²) < 4.78 is 81.0. The smallest absolute Gasteiger partial charge is 0.361 e. The van der Waals surface area contributed by atoms with Crippen molar-refractivity contribution in [1.82, 2.24) is 25.2 Å². The van der Waals surface area contributed by atoms with Crippen LogP contribution in [-0.2, 0) is 23.7 Å².